The third-order valence-corrected chi connectivity index (χ3v) is 5.82. The van der Waals surface area contributed by atoms with Gasteiger partial charge < -0.3 is 20.1 Å². The van der Waals surface area contributed by atoms with E-state index in [0.717, 1.165) is 21.0 Å². The van der Waals surface area contributed by atoms with Crippen LogP contribution >= 0.6 is 11.3 Å². The molecule has 9 nitrogen and oxygen atoms in total. The van der Waals surface area contributed by atoms with Crippen molar-refractivity contribution in [3.63, 3.8) is 0 Å². The largest absolute Gasteiger partial charge is 0.493 e. The van der Waals surface area contributed by atoms with Gasteiger partial charge in [0.1, 0.15) is 6.04 Å². The highest BCUT2D eigenvalue weighted by atomic mass is 32.1. The molecule has 0 aliphatic carbocycles. The van der Waals surface area contributed by atoms with Gasteiger partial charge in [-0.1, -0.05) is 6.07 Å². The average Bonchev–Trinajstić information content (AvgIpc) is 3.18. The molecule has 0 bridgehead atoms. The van der Waals surface area contributed by atoms with Gasteiger partial charge in [-0.05, 0) is 38.0 Å². The number of rotatable bonds is 8. The van der Waals surface area contributed by atoms with Crippen LogP contribution in [-0.4, -0.2) is 48.0 Å². The molecule has 0 spiro atoms. The Kier molecular flexibility index (Phi) is 6.56. The van der Waals surface area contributed by atoms with Gasteiger partial charge in [0.25, 0.3) is 5.91 Å². The highest BCUT2D eigenvalue weighted by Gasteiger charge is 2.37. The number of methoxy groups -OCH3 is 2. The molecule has 2 aromatic rings. The van der Waals surface area contributed by atoms with Crippen molar-refractivity contribution in [3.8, 4) is 11.5 Å². The Labute approximate surface area is 178 Å². The van der Waals surface area contributed by atoms with Crippen LogP contribution in [-0.2, 0) is 16.1 Å². The summed E-state index contributed by atoms with van der Waals surface area (Å²) in [6.07, 6.45) is 0.306. The summed E-state index contributed by atoms with van der Waals surface area (Å²) in [5.74, 6) is 0.476. The van der Waals surface area contributed by atoms with E-state index in [1.807, 2.05) is 13.8 Å². The number of nitrogens with one attached hydrogen (secondary N) is 2. The fourth-order valence-corrected chi connectivity index (χ4v) is 3.90. The number of aryl methyl sites for hydroxylation is 2. The lowest BCUT2D eigenvalue weighted by molar-refractivity contribution is -0.128. The number of urea groups is 1. The number of anilines is 1. The first-order valence-corrected chi connectivity index (χ1v) is 10.2. The molecular formula is C20H24N4O5S. The third-order valence-electron chi connectivity index (χ3n) is 4.83. The zero-order chi connectivity index (χ0) is 21.8. The van der Waals surface area contributed by atoms with Crippen molar-refractivity contribution in [1.29, 1.82) is 0 Å². The van der Waals surface area contributed by atoms with E-state index >= 15 is 0 Å². The number of benzene rings is 1. The van der Waals surface area contributed by atoms with Crippen LogP contribution in [0.25, 0.3) is 0 Å². The number of hydrogen-bond donors (Lipinski definition) is 2. The monoisotopic (exact) mass is 432 g/mol. The second kappa shape index (κ2) is 9.12. The number of carbonyl (C=O) groups excluding carboxylic acids is 3. The maximum Gasteiger partial charge on any atom is 0.325 e. The molecule has 1 fully saturated rings. The molecule has 1 aromatic carbocycles. The van der Waals surface area contributed by atoms with Crippen molar-refractivity contribution in [2.45, 2.75) is 39.3 Å². The average molecular weight is 433 g/mol. The van der Waals surface area contributed by atoms with Gasteiger partial charge in [0.2, 0.25) is 5.91 Å². The van der Waals surface area contributed by atoms with Crippen LogP contribution in [0, 0.1) is 13.8 Å². The minimum Gasteiger partial charge on any atom is -0.493 e. The van der Waals surface area contributed by atoms with Gasteiger partial charge in [-0.25, -0.2) is 9.78 Å². The number of amides is 4. The number of thiazole rings is 1. The molecule has 1 aliphatic heterocycles. The van der Waals surface area contributed by atoms with Crippen molar-refractivity contribution in [2.24, 2.45) is 0 Å². The Bertz CT molecular complexity index is 955. The summed E-state index contributed by atoms with van der Waals surface area (Å²) in [5.41, 5.74) is 1.60. The van der Waals surface area contributed by atoms with E-state index < -0.39 is 12.1 Å². The minimum atomic E-state index is -0.733. The first-order valence-electron chi connectivity index (χ1n) is 9.39. The number of imide groups is 1. The number of nitrogens with zero attached hydrogens (tertiary/aromatic N) is 2. The van der Waals surface area contributed by atoms with Gasteiger partial charge in [-0.15, -0.1) is 11.3 Å². The smallest absolute Gasteiger partial charge is 0.325 e. The molecule has 160 valence electrons. The molecule has 1 saturated heterocycles. The molecule has 2 N–H and O–H groups in total. The first kappa shape index (κ1) is 21.6. The normalized spacial score (nSPS) is 15.9. The van der Waals surface area contributed by atoms with Crippen molar-refractivity contribution in [2.75, 3.05) is 19.5 Å². The number of aromatic nitrogens is 1. The molecule has 3 rings (SSSR count). The van der Waals surface area contributed by atoms with Gasteiger partial charge >= 0.3 is 6.03 Å². The molecule has 30 heavy (non-hydrogen) atoms. The summed E-state index contributed by atoms with van der Waals surface area (Å²) in [6, 6.07) is 3.99. The highest BCUT2D eigenvalue weighted by Crippen LogP contribution is 2.28. The summed E-state index contributed by atoms with van der Waals surface area (Å²) in [5, 5.41) is 5.91. The van der Waals surface area contributed by atoms with Gasteiger partial charge in [0.05, 0.1) is 26.5 Å². The number of ether oxygens (including phenoxy) is 2. The van der Waals surface area contributed by atoms with Crippen LogP contribution in [0.3, 0.4) is 0 Å². The predicted molar refractivity (Wildman–Crippen MR) is 112 cm³/mol. The molecule has 1 aromatic heterocycles. The van der Waals surface area contributed by atoms with Gasteiger partial charge in [0.15, 0.2) is 16.6 Å². The van der Waals surface area contributed by atoms with Crippen LogP contribution in [0.4, 0.5) is 9.93 Å². The molecule has 2 heterocycles. The Morgan fingerprint density at radius 1 is 1.23 bits per heavy atom. The van der Waals surface area contributed by atoms with E-state index in [9.17, 15) is 14.4 Å². The van der Waals surface area contributed by atoms with Gasteiger partial charge in [0, 0.05) is 11.3 Å². The summed E-state index contributed by atoms with van der Waals surface area (Å²) in [7, 11) is 3.05. The van der Waals surface area contributed by atoms with E-state index in [4.69, 9.17) is 9.47 Å². The molecule has 0 saturated carbocycles. The van der Waals surface area contributed by atoms with E-state index in [-0.39, 0.29) is 31.2 Å². The SMILES string of the molecule is COc1ccc(CN2C(=O)N[C@H](CCC(=O)Nc3nc(C)c(C)s3)C2=O)cc1OC. The Morgan fingerprint density at radius 3 is 2.60 bits per heavy atom. The van der Waals surface area contributed by atoms with E-state index in [0.29, 0.717) is 16.6 Å². The molecule has 10 heteroatoms. The quantitative estimate of drug-likeness (QED) is 0.621. The Balaban J connectivity index is 1.57. The maximum absolute atomic E-state index is 12.7. The predicted octanol–water partition coefficient (Wildman–Crippen LogP) is 2.62. The third kappa shape index (κ3) is 4.70. The highest BCUT2D eigenvalue weighted by molar-refractivity contribution is 7.15. The maximum atomic E-state index is 12.7. The lowest BCUT2D eigenvalue weighted by Gasteiger charge is -2.15. The number of hydrogen-bond acceptors (Lipinski definition) is 7. The standard InChI is InChI=1S/C20H24N4O5S/c1-11-12(2)30-19(21-11)23-17(25)8-6-14-18(26)24(20(27)22-14)10-13-5-7-15(28-3)16(9-13)29-4/h5,7,9,14H,6,8,10H2,1-4H3,(H,22,27)(H,21,23,25)/t14-/m1/s1. The van der Waals surface area contributed by atoms with Crippen molar-refractivity contribution in [1.82, 2.24) is 15.2 Å². The van der Waals surface area contributed by atoms with E-state index in [1.54, 1.807) is 18.2 Å². The summed E-state index contributed by atoms with van der Waals surface area (Å²) >= 11 is 1.40. The topological polar surface area (TPSA) is 110 Å². The Morgan fingerprint density at radius 2 is 1.97 bits per heavy atom. The van der Waals surface area contributed by atoms with E-state index in [2.05, 4.69) is 15.6 Å². The van der Waals surface area contributed by atoms with Crippen LogP contribution in [0.5, 0.6) is 11.5 Å². The minimum absolute atomic E-state index is 0.0958. The molecule has 0 unspecified atom stereocenters. The molecule has 0 radical (unpaired) electrons. The van der Waals surface area contributed by atoms with Crippen LogP contribution < -0.4 is 20.1 Å². The lowest BCUT2D eigenvalue weighted by Crippen LogP contribution is -2.31. The van der Waals surface area contributed by atoms with Crippen LogP contribution in [0.1, 0.15) is 29.0 Å². The van der Waals surface area contributed by atoms with Crippen molar-refractivity contribution < 1.29 is 23.9 Å². The summed E-state index contributed by atoms with van der Waals surface area (Å²) < 4.78 is 10.5. The van der Waals surface area contributed by atoms with Crippen molar-refractivity contribution >= 4 is 34.3 Å². The molecule has 1 aliphatic rings. The zero-order valence-corrected chi connectivity index (χ0v) is 18.1. The molecular weight excluding hydrogens is 408 g/mol. The molecule has 1 atom stereocenters. The fourth-order valence-electron chi connectivity index (χ4n) is 3.07. The zero-order valence-electron chi connectivity index (χ0n) is 17.3. The summed E-state index contributed by atoms with van der Waals surface area (Å²) in [6.45, 7) is 3.91. The Hall–Kier alpha value is -3.14. The van der Waals surface area contributed by atoms with Crippen molar-refractivity contribution in [3.05, 3.63) is 34.3 Å². The van der Waals surface area contributed by atoms with Crippen LogP contribution in [0.2, 0.25) is 0 Å². The first-order chi connectivity index (χ1) is 14.3. The van der Waals surface area contributed by atoms with Crippen LogP contribution in [0.15, 0.2) is 18.2 Å². The van der Waals surface area contributed by atoms with E-state index in [1.165, 1.54) is 25.6 Å². The summed E-state index contributed by atoms with van der Waals surface area (Å²) in [4.78, 5) is 43.6. The lowest BCUT2D eigenvalue weighted by atomic mass is 10.1. The fraction of sp³-hybridized carbons (Fsp3) is 0.400. The van der Waals surface area contributed by atoms with Gasteiger partial charge in [-0.3, -0.25) is 14.5 Å². The van der Waals surface area contributed by atoms with Gasteiger partial charge in [-0.2, -0.15) is 0 Å². The number of carbonyl (C=O) groups is 3. The second-order valence-electron chi connectivity index (χ2n) is 6.86. The molecule has 4 amide bonds. The second-order valence-corrected chi connectivity index (χ2v) is 8.07.